The second-order valence-corrected chi connectivity index (χ2v) is 2.76. The summed E-state index contributed by atoms with van der Waals surface area (Å²) in [5.41, 5.74) is 0.806. The predicted molar refractivity (Wildman–Crippen MR) is 49.0 cm³/mol. The van der Waals surface area contributed by atoms with Gasteiger partial charge in [-0.3, -0.25) is 9.78 Å². The first kappa shape index (κ1) is 9.71. The quantitative estimate of drug-likeness (QED) is 0.667. The van der Waals surface area contributed by atoms with Gasteiger partial charge in [0.05, 0.1) is 5.69 Å². The third-order valence-electron chi connectivity index (χ3n) is 1.70. The second kappa shape index (κ2) is 4.60. The number of esters is 1. The van der Waals surface area contributed by atoms with Crippen LogP contribution < -0.4 is 0 Å². The monoisotopic (exact) mass is 179 g/mol. The summed E-state index contributed by atoms with van der Waals surface area (Å²) in [6.07, 6.45) is 2.23. The molecule has 3 heteroatoms. The van der Waals surface area contributed by atoms with Crippen LogP contribution >= 0.6 is 0 Å². The molecule has 0 aliphatic rings. The lowest BCUT2D eigenvalue weighted by molar-refractivity contribution is -0.147. The first-order chi connectivity index (χ1) is 6.24. The normalized spacial score (nSPS) is 12.2. The van der Waals surface area contributed by atoms with Crippen LogP contribution in [0.25, 0.3) is 0 Å². The highest BCUT2D eigenvalue weighted by atomic mass is 16.5. The molecule has 1 atom stereocenters. The van der Waals surface area contributed by atoms with Gasteiger partial charge in [-0.15, -0.1) is 0 Å². The van der Waals surface area contributed by atoms with E-state index in [4.69, 9.17) is 4.74 Å². The van der Waals surface area contributed by atoms with Crippen LogP contribution in [0.5, 0.6) is 0 Å². The maximum atomic E-state index is 10.7. The average molecular weight is 179 g/mol. The van der Waals surface area contributed by atoms with E-state index in [0.29, 0.717) is 0 Å². The molecule has 1 aromatic heterocycles. The van der Waals surface area contributed by atoms with Crippen molar-refractivity contribution in [1.82, 2.24) is 4.98 Å². The lowest BCUT2D eigenvalue weighted by Crippen LogP contribution is -2.08. The highest BCUT2D eigenvalue weighted by molar-refractivity contribution is 5.66. The van der Waals surface area contributed by atoms with Crippen molar-refractivity contribution in [2.24, 2.45) is 0 Å². The Bertz CT molecular complexity index is 272. The summed E-state index contributed by atoms with van der Waals surface area (Å²) in [6, 6.07) is 5.58. The molecular weight excluding hydrogens is 166 g/mol. The molecule has 0 aromatic carbocycles. The van der Waals surface area contributed by atoms with E-state index < -0.39 is 0 Å². The molecule has 0 saturated carbocycles. The number of carbonyl (C=O) groups excluding carboxylic acids is 1. The summed E-state index contributed by atoms with van der Waals surface area (Å²) in [6.45, 7) is 3.37. The molecule has 0 spiro atoms. The highest BCUT2D eigenvalue weighted by Crippen LogP contribution is 2.17. The van der Waals surface area contributed by atoms with E-state index in [1.165, 1.54) is 6.92 Å². The van der Waals surface area contributed by atoms with Gasteiger partial charge in [-0.05, 0) is 18.6 Å². The van der Waals surface area contributed by atoms with Gasteiger partial charge in [-0.25, -0.2) is 0 Å². The summed E-state index contributed by atoms with van der Waals surface area (Å²) in [4.78, 5) is 14.9. The van der Waals surface area contributed by atoms with Crippen LogP contribution in [0.1, 0.15) is 32.1 Å². The number of pyridine rings is 1. The van der Waals surface area contributed by atoms with E-state index in [1.807, 2.05) is 25.1 Å². The van der Waals surface area contributed by atoms with E-state index in [1.54, 1.807) is 6.20 Å². The first-order valence-corrected chi connectivity index (χ1v) is 4.32. The van der Waals surface area contributed by atoms with Crippen LogP contribution in [0.3, 0.4) is 0 Å². The Balaban J connectivity index is 2.73. The van der Waals surface area contributed by atoms with Gasteiger partial charge in [0.2, 0.25) is 0 Å². The Labute approximate surface area is 77.8 Å². The zero-order valence-corrected chi connectivity index (χ0v) is 7.86. The molecule has 0 saturated heterocycles. The summed E-state index contributed by atoms with van der Waals surface area (Å²) in [7, 11) is 0. The Morgan fingerprint density at radius 2 is 2.38 bits per heavy atom. The van der Waals surface area contributed by atoms with Crippen LogP contribution in [0.2, 0.25) is 0 Å². The van der Waals surface area contributed by atoms with Gasteiger partial charge in [0.1, 0.15) is 6.10 Å². The summed E-state index contributed by atoms with van der Waals surface area (Å²) >= 11 is 0. The molecule has 0 unspecified atom stereocenters. The molecule has 1 heterocycles. The molecule has 0 fully saturated rings. The number of hydrogen-bond acceptors (Lipinski definition) is 3. The van der Waals surface area contributed by atoms with Gasteiger partial charge in [-0.2, -0.15) is 0 Å². The predicted octanol–water partition coefficient (Wildman–Crippen LogP) is 2.10. The van der Waals surface area contributed by atoms with Crippen molar-refractivity contribution in [2.75, 3.05) is 0 Å². The number of ether oxygens (including phenoxy) is 1. The minimum atomic E-state index is -0.266. The minimum Gasteiger partial charge on any atom is -0.456 e. The lowest BCUT2D eigenvalue weighted by Gasteiger charge is -2.13. The second-order valence-electron chi connectivity index (χ2n) is 2.76. The van der Waals surface area contributed by atoms with Gasteiger partial charge in [0.15, 0.2) is 0 Å². The van der Waals surface area contributed by atoms with E-state index >= 15 is 0 Å². The fraction of sp³-hybridized carbons (Fsp3) is 0.400. The largest absolute Gasteiger partial charge is 0.456 e. The van der Waals surface area contributed by atoms with Gasteiger partial charge in [0.25, 0.3) is 0 Å². The molecule has 3 nitrogen and oxygen atoms in total. The van der Waals surface area contributed by atoms with Crippen LogP contribution in [-0.4, -0.2) is 11.0 Å². The topological polar surface area (TPSA) is 39.2 Å². The summed E-state index contributed by atoms with van der Waals surface area (Å²) in [5, 5.41) is 0. The average Bonchev–Trinajstić information content (AvgIpc) is 2.15. The molecule has 1 rings (SSSR count). The molecule has 1 aromatic rings. The highest BCUT2D eigenvalue weighted by Gasteiger charge is 2.12. The van der Waals surface area contributed by atoms with Crippen molar-refractivity contribution in [3.8, 4) is 0 Å². The third kappa shape index (κ3) is 2.86. The number of carbonyl (C=O) groups is 1. The van der Waals surface area contributed by atoms with Crippen molar-refractivity contribution >= 4 is 5.97 Å². The van der Waals surface area contributed by atoms with Crippen LogP contribution in [-0.2, 0) is 9.53 Å². The van der Waals surface area contributed by atoms with Gasteiger partial charge in [0, 0.05) is 13.1 Å². The first-order valence-electron chi connectivity index (χ1n) is 4.32. The molecule has 0 amide bonds. The van der Waals surface area contributed by atoms with E-state index in [0.717, 1.165) is 12.1 Å². The summed E-state index contributed by atoms with van der Waals surface area (Å²) < 4.78 is 5.08. The maximum absolute atomic E-state index is 10.7. The summed E-state index contributed by atoms with van der Waals surface area (Å²) in [5.74, 6) is -0.266. The van der Waals surface area contributed by atoms with Gasteiger partial charge in [-0.1, -0.05) is 13.0 Å². The Hall–Kier alpha value is -1.38. The van der Waals surface area contributed by atoms with Gasteiger partial charge >= 0.3 is 5.97 Å². The van der Waals surface area contributed by atoms with Crippen LogP contribution in [0.4, 0.5) is 0 Å². The minimum absolute atomic E-state index is 0.210. The Kier molecular flexibility index (Phi) is 3.43. The smallest absolute Gasteiger partial charge is 0.303 e. The number of rotatable bonds is 3. The van der Waals surface area contributed by atoms with Crippen molar-refractivity contribution in [3.63, 3.8) is 0 Å². The molecule has 13 heavy (non-hydrogen) atoms. The SMILES string of the molecule is CC[C@@H](OC(C)=O)c1ccccn1. The van der Waals surface area contributed by atoms with Crippen molar-refractivity contribution in [3.05, 3.63) is 30.1 Å². The number of hydrogen-bond donors (Lipinski definition) is 0. The van der Waals surface area contributed by atoms with Crippen molar-refractivity contribution in [1.29, 1.82) is 0 Å². The van der Waals surface area contributed by atoms with Crippen molar-refractivity contribution < 1.29 is 9.53 Å². The fourth-order valence-electron chi connectivity index (χ4n) is 1.12. The van der Waals surface area contributed by atoms with E-state index in [9.17, 15) is 4.79 Å². The molecule has 0 aliphatic carbocycles. The maximum Gasteiger partial charge on any atom is 0.303 e. The lowest BCUT2D eigenvalue weighted by atomic mass is 10.2. The Morgan fingerprint density at radius 1 is 1.62 bits per heavy atom. The molecular formula is C10H13NO2. The Morgan fingerprint density at radius 3 is 2.85 bits per heavy atom. The number of nitrogens with zero attached hydrogens (tertiary/aromatic N) is 1. The van der Waals surface area contributed by atoms with Crippen LogP contribution in [0.15, 0.2) is 24.4 Å². The van der Waals surface area contributed by atoms with E-state index in [2.05, 4.69) is 4.98 Å². The van der Waals surface area contributed by atoms with Gasteiger partial charge < -0.3 is 4.74 Å². The van der Waals surface area contributed by atoms with Crippen LogP contribution in [0, 0.1) is 0 Å². The standard InChI is InChI=1S/C10H13NO2/c1-3-10(13-8(2)12)9-6-4-5-7-11-9/h4-7,10H,3H2,1-2H3/t10-/m1/s1. The van der Waals surface area contributed by atoms with E-state index in [-0.39, 0.29) is 12.1 Å². The molecule has 70 valence electrons. The molecule has 0 radical (unpaired) electrons. The molecule has 0 bridgehead atoms. The fourth-order valence-corrected chi connectivity index (χ4v) is 1.12. The third-order valence-corrected chi connectivity index (χ3v) is 1.70. The van der Waals surface area contributed by atoms with Crippen molar-refractivity contribution in [2.45, 2.75) is 26.4 Å². The zero-order chi connectivity index (χ0) is 9.68. The molecule has 0 N–H and O–H groups in total. The number of aromatic nitrogens is 1. The molecule has 0 aliphatic heterocycles. The zero-order valence-electron chi connectivity index (χ0n) is 7.86.